The number of nitrogens with two attached hydrogens (primary N) is 1. The van der Waals surface area contributed by atoms with E-state index in [2.05, 4.69) is 12.2 Å². The lowest BCUT2D eigenvalue weighted by Gasteiger charge is -2.32. The maximum absolute atomic E-state index is 12.3. The van der Waals surface area contributed by atoms with E-state index < -0.39 is 0 Å². The SMILES string of the molecule is CC1CC(N)CCC1C(=O)NCC1CC2CCC1C2. The van der Waals surface area contributed by atoms with Crippen molar-refractivity contribution < 1.29 is 4.79 Å². The lowest BCUT2D eigenvalue weighted by atomic mass is 9.77. The molecule has 108 valence electrons. The van der Waals surface area contributed by atoms with Crippen molar-refractivity contribution in [1.82, 2.24) is 5.32 Å². The Balaban J connectivity index is 1.46. The van der Waals surface area contributed by atoms with Crippen molar-refractivity contribution in [3.05, 3.63) is 0 Å². The van der Waals surface area contributed by atoms with E-state index in [-0.39, 0.29) is 5.92 Å². The van der Waals surface area contributed by atoms with Gasteiger partial charge in [0.05, 0.1) is 0 Å². The number of nitrogens with one attached hydrogen (secondary N) is 1. The lowest BCUT2D eigenvalue weighted by Crippen LogP contribution is -2.42. The highest BCUT2D eigenvalue weighted by Gasteiger charge is 2.39. The van der Waals surface area contributed by atoms with Crippen LogP contribution in [0.25, 0.3) is 0 Å². The highest BCUT2D eigenvalue weighted by molar-refractivity contribution is 5.79. The molecule has 0 aromatic heterocycles. The van der Waals surface area contributed by atoms with Crippen LogP contribution in [0.2, 0.25) is 0 Å². The highest BCUT2D eigenvalue weighted by atomic mass is 16.1. The molecule has 0 saturated heterocycles. The standard InChI is InChI=1S/C16H28N2O/c1-10-6-14(17)4-5-15(10)16(19)18-9-13-8-11-2-3-12(13)7-11/h10-15H,2-9,17H2,1H3,(H,18,19). The van der Waals surface area contributed by atoms with Crippen LogP contribution in [0.4, 0.5) is 0 Å². The number of hydrogen-bond donors (Lipinski definition) is 2. The van der Waals surface area contributed by atoms with Crippen molar-refractivity contribution in [2.75, 3.05) is 6.54 Å². The average Bonchev–Trinajstić information content (AvgIpc) is 2.98. The number of fused-ring (bicyclic) bond motifs is 2. The second-order valence-corrected chi connectivity index (χ2v) is 7.34. The molecule has 2 bridgehead atoms. The van der Waals surface area contributed by atoms with Crippen LogP contribution in [0.15, 0.2) is 0 Å². The molecule has 3 aliphatic rings. The Hall–Kier alpha value is -0.570. The molecule has 0 aliphatic heterocycles. The summed E-state index contributed by atoms with van der Waals surface area (Å²) >= 11 is 0. The molecule has 1 amide bonds. The summed E-state index contributed by atoms with van der Waals surface area (Å²) in [5.74, 6) is 3.59. The second-order valence-electron chi connectivity index (χ2n) is 7.34. The maximum atomic E-state index is 12.3. The van der Waals surface area contributed by atoms with Gasteiger partial charge in [-0.3, -0.25) is 4.79 Å². The predicted molar refractivity (Wildman–Crippen MR) is 76.4 cm³/mol. The number of carbonyl (C=O) groups is 1. The fourth-order valence-electron chi connectivity index (χ4n) is 4.82. The van der Waals surface area contributed by atoms with Gasteiger partial charge in [0.1, 0.15) is 0 Å². The van der Waals surface area contributed by atoms with Crippen molar-refractivity contribution in [2.24, 2.45) is 35.3 Å². The summed E-state index contributed by atoms with van der Waals surface area (Å²) in [4.78, 5) is 12.3. The number of amides is 1. The minimum atomic E-state index is 0.207. The Morgan fingerprint density at radius 2 is 2.00 bits per heavy atom. The van der Waals surface area contributed by atoms with E-state index >= 15 is 0 Å². The number of carbonyl (C=O) groups excluding carboxylic acids is 1. The molecule has 3 N–H and O–H groups in total. The van der Waals surface area contributed by atoms with Crippen molar-refractivity contribution >= 4 is 5.91 Å². The van der Waals surface area contributed by atoms with Gasteiger partial charge in [-0.15, -0.1) is 0 Å². The molecule has 0 spiro atoms. The molecule has 0 radical (unpaired) electrons. The molecular formula is C16H28N2O. The van der Waals surface area contributed by atoms with Crippen molar-refractivity contribution in [3.63, 3.8) is 0 Å². The van der Waals surface area contributed by atoms with Crippen LogP contribution >= 0.6 is 0 Å². The first-order chi connectivity index (χ1) is 9.13. The van der Waals surface area contributed by atoms with E-state index in [4.69, 9.17) is 5.73 Å². The van der Waals surface area contributed by atoms with Gasteiger partial charge in [-0.1, -0.05) is 13.3 Å². The summed E-state index contributed by atoms with van der Waals surface area (Å²) in [6, 6.07) is 0.310. The summed E-state index contributed by atoms with van der Waals surface area (Å²) < 4.78 is 0. The van der Waals surface area contributed by atoms with Gasteiger partial charge in [0.2, 0.25) is 5.91 Å². The molecule has 0 heterocycles. The Morgan fingerprint density at radius 3 is 2.63 bits per heavy atom. The summed E-state index contributed by atoms with van der Waals surface area (Å²) in [5.41, 5.74) is 5.97. The molecule has 3 rings (SSSR count). The van der Waals surface area contributed by atoms with Gasteiger partial charge in [0.15, 0.2) is 0 Å². The van der Waals surface area contributed by atoms with Gasteiger partial charge in [-0.25, -0.2) is 0 Å². The van der Waals surface area contributed by atoms with E-state index in [9.17, 15) is 4.79 Å². The highest BCUT2D eigenvalue weighted by Crippen LogP contribution is 2.48. The fourth-order valence-corrected chi connectivity index (χ4v) is 4.82. The normalized spacial score (nSPS) is 45.4. The fraction of sp³-hybridized carbons (Fsp3) is 0.938. The second kappa shape index (κ2) is 5.43. The molecular weight excluding hydrogens is 236 g/mol. The third-order valence-corrected chi connectivity index (χ3v) is 5.97. The molecule has 3 nitrogen and oxygen atoms in total. The first kappa shape index (κ1) is 13.4. The summed E-state index contributed by atoms with van der Waals surface area (Å²) in [5, 5.41) is 3.24. The minimum Gasteiger partial charge on any atom is -0.356 e. The minimum absolute atomic E-state index is 0.207. The third kappa shape index (κ3) is 2.81. The summed E-state index contributed by atoms with van der Waals surface area (Å²) in [7, 11) is 0. The molecule has 3 aliphatic carbocycles. The van der Waals surface area contributed by atoms with E-state index in [1.165, 1.54) is 25.7 Å². The van der Waals surface area contributed by atoms with Gasteiger partial charge in [0.25, 0.3) is 0 Å². The van der Waals surface area contributed by atoms with Crippen LogP contribution in [0.1, 0.15) is 51.9 Å². The van der Waals surface area contributed by atoms with E-state index in [0.717, 1.165) is 43.6 Å². The van der Waals surface area contributed by atoms with Crippen LogP contribution in [-0.4, -0.2) is 18.5 Å². The topological polar surface area (TPSA) is 55.1 Å². The van der Waals surface area contributed by atoms with Crippen molar-refractivity contribution in [1.29, 1.82) is 0 Å². The Bertz CT molecular complexity index is 344. The van der Waals surface area contributed by atoms with Crippen molar-refractivity contribution in [3.8, 4) is 0 Å². The summed E-state index contributed by atoms with van der Waals surface area (Å²) in [6.07, 6.45) is 8.62. The molecule has 3 saturated carbocycles. The van der Waals surface area contributed by atoms with Crippen LogP contribution in [0.3, 0.4) is 0 Å². The zero-order valence-corrected chi connectivity index (χ0v) is 12.1. The van der Waals surface area contributed by atoms with Crippen LogP contribution in [0.5, 0.6) is 0 Å². The van der Waals surface area contributed by atoms with Gasteiger partial charge in [-0.05, 0) is 62.2 Å². The van der Waals surface area contributed by atoms with Crippen molar-refractivity contribution in [2.45, 2.75) is 57.9 Å². The zero-order chi connectivity index (χ0) is 13.4. The molecule has 6 unspecified atom stereocenters. The van der Waals surface area contributed by atoms with Gasteiger partial charge >= 0.3 is 0 Å². The molecule has 3 fully saturated rings. The Kier molecular flexibility index (Phi) is 3.84. The van der Waals surface area contributed by atoms with Crippen LogP contribution in [0, 0.1) is 29.6 Å². The lowest BCUT2D eigenvalue weighted by molar-refractivity contribution is -0.127. The zero-order valence-electron chi connectivity index (χ0n) is 12.1. The first-order valence-corrected chi connectivity index (χ1v) is 8.16. The third-order valence-electron chi connectivity index (χ3n) is 5.97. The van der Waals surface area contributed by atoms with Crippen LogP contribution in [-0.2, 0) is 4.79 Å². The molecule has 0 aromatic rings. The Labute approximate surface area is 116 Å². The largest absolute Gasteiger partial charge is 0.356 e. The molecule has 0 aromatic carbocycles. The number of hydrogen-bond acceptors (Lipinski definition) is 2. The van der Waals surface area contributed by atoms with E-state index in [1.54, 1.807) is 0 Å². The Morgan fingerprint density at radius 1 is 1.16 bits per heavy atom. The van der Waals surface area contributed by atoms with Gasteiger partial charge in [-0.2, -0.15) is 0 Å². The quantitative estimate of drug-likeness (QED) is 0.822. The average molecular weight is 264 g/mol. The smallest absolute Gasteiger partial charge is 0.223 e. The maximum Gasteiger partial charge on any atom is 0.223 e. The molecule has 6 atom stereocenters. The first-order valence-electron chi connectivity index (χ1n) is 8.16. The monoisotopic (exact) mass is 264 g/mol. The van der Waals surface area contributed by atoms with E-state index in [0.29, 0.717) is 17.9 Å². The molecule has 3 heteroatoms. The van der Waals surface area contributed by atoms with E-state index in [1.807, 2.05) is 0 Å². The number of rotatable bonds is 3. The summed E-state index contributed by atoms with van der Waals surface area (Å²) in [6.45, 7) is 3.11. The molecule has 19 heavy (non-hydrogen) atoms. The predicted octanol–water partition coefficient (Wildman–Crippen LogP) is 2.30. The van der Waals surface area contributed by atoms with Crippen LogP contribution < -0.4 is 11.1 Å². The van der Waals surface area contributed by atoms with Gasteiger partial charge < -0.3 is 11.1 Å². The van der Waals surface area contributed by atoms with Gasteiger partial charge in [0, 0.05) is 18.5 Å².